The Morgan fingerprint density at radius 2 is 1.96 bits per heavy atom. The predicted octanol–water partition coefficient (Wildman–Crippen LogP) is 4.36. The number of anilines is 1. The molecule has 1 aliphatic rings. The van der Waals surface area contributed by atoms with E-state index in [2.05, 4.69) is 10.6 Å². The van der Waals surface area contributed by atoms with Crippen molar-refractivity contribution in [1.29, 1.82) is 0 Å². The minimum atomic E-state index is -0.764. The van der Waals surface area contributed by atoms with E-state index in [0.717, 1.165) is 35.7 Å². The van der Waals surface area contributed by atoms with E-state index in [9.17, 15) is 4.79 Å². The number of amides is 1. The Morgan fingerprint density at radius 3 is 2.61 bits per heavy atom. The largest absolute Gasteiger partial charge is 0.489 e. The molecule has 0 saturated carbocycles. The van der Waals surface area contributed by atoms with E-state index in [1.54, 1.807) is 7.11 Å². The van der Waals surface area contributed by atoms with E-state index in [4.69, 9.17) is 21.1 Å². The molecule has 0 radical (unpaired) electrons. The Kier molecular flexibility index (Phi) is 8.13. The molecule has 28 heavy (non-hydrogen) atoms. The zero-order chi connectivity index (χ0) is 19.3. The summed E-state index contributed by atoms with van der Waals surface area (Å²) in [5.74, 6) is 0.649. The molecule has 0 aromatic heterocycles. The second-order valence-electron chi connectivity index (χ2n) is 6.80. The lowest BCUT2D eigenvalue weighted by molar-refractivity contribution is -0.140. The fraction of sp³-hybridized carbons (Fsp3) is 0.381. The molecule has 0 aliphatic carbocycles. The molecule has 0 bridgehead atoms. The second kappa shape index (κ2) is 10.1. The average molecular weight is 425 g/mol. The first-order valence-electron chi connectivity index (χ1n) is 9.08. The van der Waals surface area contributed by atoms with Gasteiger partial charge in [-0.15, -0.1) is 12.4 Å². The first-order valence-corrected chi connectivity index (χ1v) is 9.45. The van der Waals surface area contributed by atoms with Gasteiger partial charge in [0.15, 0.2) is 0 Å². The molecule has 3 rings (SSSR count). The standard InChI is InChI=1S/C21H25ClN2O3.ClH/c1-15-12-18(27-14-16-4-3-5-17(22)13-16)6-7-19(15)24-20(25)21(26-2)8-10-23-11-9-21;/h3-7,12-13,23H,8-11,14H2,1-2H3,(H,24,25);1H. The van der Waals surface area contributed by atoms with Crippen molar-refractivity contribution in [3.05, 3.63) is 58.6 Å². The van der Waals surface area contributed by atoms with Gasteiger partial charge in [0.25, 0.3) is 5.91 Å². The average Bonchev–Trinajstić information content (AvgIpc) is 2.68. The van der Waals surface area contributed by atoms with Gasteiger partial charge in [0.05, 0.1) is 0 Å². The molecule has 1 aliphatic heterocycles. The van der Waals surface area contributed by atoms with Crippen LogP contribution in [0.3, 0.4) is 0 Å². The van der Waals surface area contributed by atoms with Crippen LogP contribution in [0.15, 0.2) is 42.5 Å². The second-order valence-corrected chi connectivity index (χ2v) is 7.23. The molecule has 5 nitrogen and oxygen atoms in total. The van der Waals surface area contributed by atoms with Gasteiger partial charge in [-0.2, -0.15) is 0 Å². The molecule has 2 aromatic carbocycles. The Morgan fingerprint density at radius 1 is 1.21 bits per heavy atom. The number of benzene rings is 2. The number of carbonyl (C=O) groups is 1. The minimum absolute atomic E-state index is 0. The molecule has 7 heteroatoms. The van der Waals surface area contributed by atoms with E-state index in [1.807, 2.05) is 49.4 Å². The SMILES string of the molecule is COC1(C(=O)Nc2ccc(OCc3cccc(Cl)c3)cc2C)CCNCC1.Cl. The van der Waals surface area contributed by atoms with Crippen LogP contribution in [0.5, 0.6) is 5.75 Å². The van der Waals surface area contributed by atoms with Crippen molar-refractivity contribution in [2.24, 2.45) is 0 Å². The summed E-state index contributed by atoms with van der Waals surface area (Å²) in [6.45, 7) is 3.93. The van der Waals surface area contributed by atoms with Crippen molar-refractivity contribution in [2.45, 2.75) is 32.0 Å². The number of piperidine rings is 1. The first-order chi connectivity index (χ1) is 13.0. The topological polar surface area (TPSA) is 59.6 Å². The van der Waals surface area contributed by atoms with Gasteiger partial charge < -0.3 is 20.1 Å². The third kappa shape index (κ3) is 5.39. The van der Waals surface area contributed by atoms with Crippen LogP contribution < -0.4 is 15.4 Å². The molecule has 2 aromatic rings. The minimum Gasteiger partial charge on any atom is -0.489 e. The van der Waals surface area contributed by atoms with E-state index in [1.165, 1.54) is 0 Å². The summed E-state index contributed by atoms with van der Waals surface area (Å²) in [7, 11) is 1.60. The maximum absolute atomic E-state index is 12.8. The van der Waals surface area contributed by atoms with Crippen molar-refractivity contribution in [3.63, 3.8) is 0 Å². The highest BCUT2D eigenvalue weighted by atomic mass is 35.5. The normalized spacial score (nSPS) is 15.4. The van der Waals surface area contributed by atoms with Crippen molar-refractivity contribution in [1.82, 2.24) is 5.32 Å². The van der Waals surface area contributed by atoms with Crippen LogP contribution in [0.2, 0.25) is 5.02 Å². The maximum Gasteiger partial charge on any atom is 0.256 e. The van der Waals surface area contributed by atoms with E-state index in [-0.39, 0.29) is 18.3 Å². The number of halogens is 2. The number of rotatable bonds is 6. The highest BCUT2D eigenvalue weighted by molar-refractivity contribution is 6.30. The summed E-state index contributed by atoms with van der Waals surface area (Å²) >= 11 is 6.00. The van der Waals surface area contributed by atoms with E-state index >= 15 is 0 Å². The van der Waals surface area contributed by atoms with Gasteiger partial charge in [-0.05, 0) is 74.3 Å². The van der Waals surface area contributed by atoms with Crippen molar-refractivity contribution in [2.75, 3.05) is 25.5 Å². The fourth-order valence-electron chi connectivity index (χ4n) is 3.25. The first kappa shape index (κ1) is 22.5. The third-order valence-electron chi connectivity index (χ3n) is 4.96. The van der Waals surface area contributed by atoms with Gasteiger partial charge in [0.1, 0.15) is 18.0 Å². The van der Waals surface area contributed by atoms with Crippen LogP contribution in [0.1, 0.15) is 24.0 Å². The molecule has 0 atom stereocenters. The monoisotopic (exact) mass is 424 g/mol. The van der Waals surface area contributed by atoms with E-state index < -0.39 is 5.60 Å². The van der Waals surface area contributed by atoms with Crippen molar-refractivity contribution >= 4 is 35.6 Å². The van der Waals surface area contributed by atoms with Crippen LogP contribution in [-0.2, 0) is 16.1 Å². The predicted molar refractivity (Wildman–Crippen MR) is 115 cm³/mol. The Balaban J connectivity index is 0.00000280. The summed E-state index contributed by atoms with van der Waals surface area (Å²) < 4.78 is 11.4. The highest BCUT2D eigenvalue weighted by Gasteiger charge is 2.39. The maximum atomic E-state index is 12.8. The van der Waals surface area contributed by atoms with E-state index in [0.29, 0.717) is 24.5 Å². The molecular weight excluding hydrogens is 399 g/mol. The summed E-state index contributed by atoms with van der Waals surface area (Å²) in [4.78, 5) is 12.8. The highest BCUT2D eigenvalue weighted by Crippen LogP contribution is 2.27. The van der Waals surface area contributed by atoms with Gasteiger partial charge in [-0.1, -0.05) is 23.7 Å². The van der Waals surface area contributed by atoms with Crippen LogP contribution in [0.4, 0.5) is 5.69 Å². The smallest absolute Gasteiger partial charge is 0.256 e. The number of carbonyl (C=O) groups excluding carboxylic acids is 1. The van der Waals surface area contributed by atoms with Crippen LogP contribution >= 0.6 is 24.0 Å². The molecule has 0 spiro atoms. The number of aryl methyl sites for hydroxylation is 1. The number of methoxy groups -OCH3 is 1. The summed E-state index contributed by atoms with van der Waals surface area (Å²) in [5, 5.41) is 6.96. The number of hydrogen-bond acceptors (Lipinski definition) is 4. The number of ether oxygens (including phenoxy) is 2. The molecule has 0 unspecified atom stereocenters. The molecule has 1 heterocycles. The van der Waals surface area contributed by atoms with Gasteiger partial charge in [0, 0.05) is 17.8 Å². The molecule has 1 fully saturated rings. The molecule has 152 valence electrons. The lowest BCUT2D eigenvalue weighted by Gasteiger charge is -2.34. The quantitative estimate of drug-likeness (QED) is 0.722. The Bertz CT molecular complexity index is 808. The lowest BCUT2D eigenvalue weighted by atomic mass is 9.91. The van der Waals surface area contributed by atoms with Gasteiger partial charge in [0.2, 0.25) is 0 Å². The zero-order valence-corrected chi connectivity index (χ0v) is 17.7. The van der Waals surface area contributed by atoms with Gasteiger partial charge >= 0.3 is 0 Å². The Labute approximate surface area is 177 Å². The summed E-state index contributed by atoms with van der Waals surface area (Å²) in [6.07, 6.45) is 1.32. The molecule has 1 amide bonds. The van der Waals surface area contributed by atoms with Crippen LogP contribution in [0, 0.1) is 6.92 Å². The Hall–Kier alpha value is -1.79. The number of hydrogen-bond donors (Lipinski definition) is 2. The summed E-state index contributed by atoms with van der Waals surface area (Å²) in [6, 6.07) is 13.2. The van der Waals surface area contributed by atoms with Crippen molar-refractivity contribution < 1.29 is 14.3 Å². The fourth-order valence-corrected chi connectivity index (χ4v) is 3.46. The molecular formula is C21H26Cl2N2O3. The zero-order valence-electron chi connectivity index (χ0n) is 16.1. The third-order valence-corrected chi connectivity index (χ3v) is 5.19. The van der Waals surface area contributed by atoms with Crippen molar-refractivity contribution in [3.8, 4) is 5.75 Å². The summed E-state index contributed by atoms with van der Waals surface area (Å²) in [5.41, 5.74) is 1.95. The molecule has 2 N–H and O–H groups in total. The lowest BCUT2D eigenvalue weighted by Crippen LogP contribution is -2.51. The van der Waals surface area contributed by atoms with Gasteiger partial charge in [-0.3, -0.25) is 4.79 Å². The van der Waals surface area contributed by atoms with Crippen LogP contribution in [-0.4, -0.2) is 31.7 Å². The van der Waals surface area contributed by atoms with Gasteiger partial charge in [-0.25, -0.2) is 0 Å². The molecule has 1 saturated heterocycles. The number of nitrogens with one attached hydrogen (secondary N) is 2. The van der Waals surface area contributed by atoms with Crippen LogP contribution in [0.25, 0.3) is 0 Å².